The summed E-state index contributed by atoms with van der Waals surface area (Å²) < 4.78 is 0. The van der Waals surface area contributed by atoms with Gasteiger partial charge in [-0.2, -0.15) is 0 Å². The van der Waals surface area contributed by atoms with Gasteiger partial charge in [0.2, 0.25) is 0 Å². The quantitative estimate of drug-likeness (QED) is 0.744. The number of thioether (sulfide) groups is 1. The number of thiazole rings is 1. The SMILES string of the molecule is Cc1nc(CSc2ccc(C(=O)N(C3CC3)C(C)C(=O)O)cc2)cs1. The Morgan fingerprint density at radius 2 is 2.04 bits per heavy atom. The van der Waals surface area contributed by atoms with Gasteiger partial charge in [-0.1, -0.05) is 0 Å². The third kappa shape index (κ3) is 4.41. The third-order valence-corrected chi connectivity index (χ3v) is 5.97. The molecule has 1 aliphatic carbocycles. The Kier molecular flexibility index (Phi) is 5.44. The van der Waals surface area contributed by atoms with E-state index in [1.54, 1.807) is 42.2 Å². The van der Waals surface area contributed by atoms with E-state index in [9.17, 15) is 14.7 Å². The van der Waals surface area contributed by atoms with Crippen LogP contribution in [0.2, 0.25) is 0 Å². The van der Waals surface area contributed by atoms with Crippen LogP contribution in [0.1, 0.15) is 40.8 Å². The minimum Gasteiger partial charge on any atom is -0.480 e. The average molecular weight is 377 g/mol. The largest absolute Gasteiger partial charge is 0.480 e. The molecule has 1 N–H and O–H groups in total. The molecule has 0 radical (unpaired) electrons. The van der Waals surface area contributed by atoms with Crippen molar-refractivity contribution in [3.8, 4) is 0 Å². The molecule has 1 atom stereocenters. The highest BCUT2D eigenvalue weighted by molar-refractivity contribution is 7.98. The molecule has 0 bridgehead atoms. The Hall–Kier alpha value is -1.86. The first-order valence-corrected chi connectivity index (χ1v) is 10.0. The summed E-state index contributed by atoms with van der Waals surface area (Å²) in [5.74, 6) is -0.378. The van der Waals surface area contributed by atoms with Crippen molar-refractivity contribution in [1.29, 1.82) is 0 Å². The lowest BCUT2D eigenvalue weighted by molar-refractivity contribution is -0.141. The normalized spacial score (nSPS) is 15.0. The molecule has 5 nitrogen and oxygen atoms in total. The zero-order valence-corrected chi connectivity index (χ0v) is 15.8. The first kappa shape index (κ1) is 17.9. The predicted octanol–water partition coefficient (Wildman–Crippen LogP) is 3.82. The number of aliphatic carboxylic acids is 1. The first-order chi connectivity index (χ1) is 12.0. The van der Waals surface area contributed by atoms with Crippen LogP contribution in [0, 0.1) is 6.92 Å². The smallest absolute Gasteiger partial charge is 0.326 e. The molecule has 0 saturated heterocycles. The van der Waals surface area contributed by atoms with E-state index in [1.807, 2.05) is 19.1 Å². The van der Waals surface area contributed by atoms with Crippen molar-refractivity contribution in [2.75, 3.05) is 0 Å². The summed E-state index contributed by atoms with van der Waals surface area (Å²) in [6.07, 6.45) is 1.76. The second-order valence-electron chi connectivity index (χ2n) is 6.13. The Labute approximate surface area is 155 Å². The number of hydrogen-bond acceptors (Lipinski definition) is 5. The number of carboxylic acid groups (broad SMARTS) is 1. The third-order valence-electron chi connectivity index (χ3n) is 4.10. The molecular formula is C18H20N2O3S2. The monoisotopic (exact) mass is 376 g/mol. The van der Waals surface area contributed by atoms with Crippen LogP contribution in [-0.2, 0) is 10.5 Å². The number of nitrogens with zero attached hydrogens (tertiary/aromatic N) is 2. The fourth-order valence-electron chi connectivity index (χ4n) is 2.60. The lowest BCUT2D eigenvalue weighted by Crippen LogP contribution is -2.44. The summed E-state index contributed by atoms with van der Waals surface area (Å²) in [5, 5.41) is 12.4. The molecule has 1 fully saturated rings. The summed E-state index contributed by atoms with van der Waals surface area (Å²) in [4.78, 5) is 31.0. The predicted molar refractivity (Wildman–Crippen MR) is 99.1 cm³/mol. The van der Waals surface area contributed by atoms with E-state index in [4.69, 9.17) is 0 Å². The van der Waals surface area contributed by atoms with Crippen molar-refractivity contribution in [1.82, 2.24) is 9.88 Å². The van der Waals surface area contributed by atoms with Crippen molar-refractivity contribution < 1.29 is 14.7 Å². The number of aromatic nitrogens is 1. The van der Waals surface area contributed by atoms with E-state index >= 15 is 0 Å². The van der Waals surface area contributed by atoms with Crippen LogP contribution in [0.15, 0.2) is 34.5 Å². The molecule has 0 aliphatic heterocycles. The fraction of sp³-hybridized carbons (Fsp3) is 0.389. The van der Waals surface area contributed by atoms with Crippen molar-refractivity contribution in [2.45, 2.75) is 49.4 Å². The number of carboxylic acids is 1. The molecular weight excluding hydrogens is 356 g/mol. The van der Waals surface area contributed by atoms with Crippen LogP contribution in [0.25, 0.3) is 0 Å². The maximum absolute atomic E-state index is 12.7. The summed E-state index contributed by atoms with van der Waals surface area (Å²) in [6, 6.07) is 6.63. The number of carbonyl (C=O) groups excluding carboxylic acids is 1. The van der Waals surface area contributed by atoms with Gasteiger partial charge in [0.25, 0.3) is 5.91 Å². The van der Waals surface area contributed by atoms with Crippen LogP contribution >= 0.6 is 23.1 Å². The maximum Gasteiger partial charge on any atom is 0.326 e. The first-order valence-electron chi connectivity index (χ1n) is 8.15. The zero-order valence-electron chi connectivity index (χ0n) is 14.1. The second-order valence-corrected chi connectivity index (χ2v) is 8.24. The Balaban J connectivity index is 1.66. The topological polar surface area (TPSA) is 70.5 Å². The van der Waals surface area contributed by atoms with Gasteiger partial charge in [-0.15, -0.1) is 23.1 Å². The number of rotatable bonds is 7. The minimum absolute atomic E-state index is 0.0561. The molecule has 1 unspecified atom stereocenters. The lowest BCUT2D eigenvalue weighted by atomic mass is 10.1. The number of carbonyl (C=O) groups is 2. The highest BCUT2D eigenvalue weighted by Gasteiger charge is 2.38. The zero-order chi connectivity index (χ0) is 18.0. The summed E-state index contributed by atoms with van der Waals surface area (Å²) in [6.45, 7) is 3.56. The van der Waals surface area contributed by atoms with Crippen LogP contribution < -0.4 is 0 Å². The van der Waals surface area contributed by atoms with Crippen LogP contribution in [-0.4, -0.2) is 39.0 Å². The molecule has 7 heteroatoms. The summed E-state index contributed by atoms with van der Waals surface area (Å²) >= 11 is 3.31. The molecule has 2 aromatic rings. The van der Waals surface area contributed by atoms with Crippen molar-refractivity contribution in [2.24, 2.45) is 0 Å². The maximum atomic E-state index is 12.7. The Morgan fingerprint density at radius 3 is 2.56 bits per heavy atom. The number of benzene rings is 1. The second kappa shape index (κ2) is 7.58. The Morgan fingerprint density at radius 1 is 1.36 bits per heavy atom. The van der Waals surface area contributed by atoms with Gasteiger partial charge in [-0.3, -0.25) is 4.79 Å². The highest BCUT2D eigenvalue weighted by atomic mass is 32.2. The molecule has 1 saturated carbocycles. The van der Waals surface area contributed by atoms with Crippen LogP contribution in [0.4, 0.5) is 0 Å². The van der Waals surface area contributed by atoms with Gasteiger partial charge in [-0.25, -0.2) is 9.78 Å². The molecule has 0 spiro atoms. The standard InChI is InChI=1S/C18H20N2O3S2/c1-11(18(22)23)20(15-5-6-15)17(21)13-3-7-16(8-4-13)25-10-14-9-24-12(2)19-14/h3-4,7-9,11,15H,5-6,10H2,1-2H3,(H,22,23). The molecule has 3 rings (SSSR count). The molecule has 132 valence electrons. The molecule has 1 aromatic heterocycles. The molecule has 1 amide bonds. The molecule has 25 heavy (non-hydrogen) atoms. The molecule has 1 aromatic carbocycles. The van der Waals surface area contributed by atoms with Crippen LogP contribution in [0.3, 0.4) is 0 Å². The van der Waals surface area contributed by atoms with Crippen molar-refractivity contribution in [3.05, 3.63) is 45.9 Å². The van der Waals surface area contributed by atoms with E-state index in [2.05, 4.69) is 10.4 Å². The van der Waals surface area contributed by atoms with E-state index in [0.29, 0.717) is 5.56 Å². The van der Waals surface area contributed by atoms with Gasteiger partial charge >= 0.3 is 5.97 Å². The van der Waals surface area contributed by atoms with E-state index in [-0.39, 0.29) is 11.9 Å². The minimum atomic E-state index is -0.967. The average Bonchev–Trinajstić information content (AvgIpc) is 3.34. The van der Waals surface area contributed by atoms with E-state index in [1.165, 1.54) is 4.90 Å². The van der Waals surface area contributed by atoms with Gasteiger partial charge in [0.15, 0.2) is 0 Å². The Bertz CT molecular complexity index is 769. The van der Waals surface area contributed by atoms with Crippen molar-refractivity contribution >= 4 is 35.0 Å². The van der Waals surface area contributed by atoms with Gasteiger partial charge < -0.3 is 10.0 Å². The van der Waals surface area contributed by atoms with Gasteiger partial charge in [-0.05, 0) is 51.0 Å². The lowest BCUT2D eigenvalue weighted by Gasteiger charge is -2.26. The van der Waals surface area contributed by atoms with Gasteiger partial charge in [0, 0.05) is 27.6 Å². The molecule has 1 heterocycles. The molecule has 1 aliphatic rings. The number of hydrogen-bond donors (Lipinski definition) is 1. The fourth-order valence-corrected chi connectivity index (χ4v) is 4.11. The van der Waals surface area contributed by atoms with E-state index in [0.717, 1.165) is 34.2 Å². The van der Waals surface area contributed by atoms with E-state index < -0.39 is 12.0 Å². The number of aryl methyl sites for hydroxylation is 1. The summed E-state index contributed by atoms with van der Waals surface area (Å²) in [5.41, 5.74) is 1.59. The van der Waals surface area contributed by atoms with Crippen LogP contribution in [0.5, 0.6) is 0 Å². The number of amides is 1. The summed E-state index contributed by atoms with van der Waals surface area (Å²) in [7, 11) is 0. The van der Waals surface area contributed by atoms with Gasteiger partial charge in [0.05, 0.1) is 10.7 Å². The van der Waals surface area contributed by atoms with Gasteiger partial charge in [0.1, 0.15) is 6.04 Å². The highest BCUT2D eigenvalue weighted by Crippen LogP contribution is 2.31. The van der Waals surface area contributed by atoms with Crippen molar-refractivity contribution in [3.63, 3.8) is 0 Å².